The maximum atomic E-state index is 15.2. The quantitative estimate of drug-likeness (QED) is 0.110. The number of hydrogen-bond acceptors (Lipinski definition) is 7. The maximum Gasteiger partial charge on any atom is 0.273 e. The number of hydrogen-bond donors (Lipinski definition) is 1. The highest BCUT2D eigenvalue weighted by Gasteiger charge is 2.37. The highest BCUT2D eigenvalue weighted by Crippen LogP contribution is 2.36. The van der Waals surface area contributed by atoms with Crippen molar-refractivity contribution in [3.8, 4) is 5.75 Å². The van der Waals surface area contributed by atoms with Crippen molar-refractivity contribution < 1.29 is 32.1 Å². The Hall–Kier alpha value is -5.01. The van der Waals surface area contributed by atoms with Crippen molar-refractivity contribution in [3.05, 3.63) is 129 Å². The van der Waals surface area contributed by atoms with Crippen LogP contribution < -0.4 is 14.4 Å². The largest absolute Gasteiger partial charge is 0.495 e. The summed E-state index contributed by atoms with van der Waals surface area (Å²) in [6.07, 6.45) is 0.620. The molecule has 0 aliphatic carbocycles. The molecule has 0 radical (unpaired) electrons. The number of rotatable bonds is 15. The molecular formula is C36H38ClFN4O7S. The number of nitrogens with one attached hydrogen (secondary N) is 1. The van der Waals surface area contributed by atoms with Crippen molar-refractivity contribution in [2.24, 2.45) is 0 Å². The van der Waals surface area contributed by atoms with Crippen LogP contribution in [-0.4, -0.2) is 55.8 Å². The van der Waals surface area contributed by atoms with Gasteiger partial charge in [0.2, 0.25) is 11.8 Å². The average molecular weight is 725 g/mol. The van der Waals surface area contributed by atoms with Gasteiger partial charge in [0, 0.05) is 41.2 Å². The van der Waals surface area contributed by atoms with Crippen molar-refractivity contribution >= 4 is 44.8 Å². The minimum Gasteiger partial charge on any atom is -0.495 e. The summed E-state index contributed by atoms with van der Waals surface area (Å²) in [6.45, 7) is 3.87. The van der Waals surface area contributed by atoms with Crippen LogP contribution in [0.4, 0.5) is 15.8 Å². The summed E-state index contributed by atoms with van der Waals surface area (Å²) in [4.78, 5) is 40.4. The Morgan fingerprint density at radius 2 is 1.70 bits per heavy atom. The van der Waals surface area contributed by atoms with Crippen LogP contribution in [0.2, 0.25) is 5.02 Å². The molecule has 264 valence electrons. The Morgan fingerprint density at radius 1 is 1.02 bits per heavy atom. The number of halogens is 2. The summed E-state index contributed by atoms with van der Waals surface area (Å²) < 4.78 is 50.2. The molecule has 0 heterocycles. The first kappa shape index (κ1) is 37.8. The number of nitro groups is 1. The second-order valence-corrected chi connectivity index (χ2v) is 14.0. The first-order valence-electron chi connectivity index (χ1n) is 15.7. The molecule has 0 saturated carbocycles. The summed E-state index contributed by atoms with van der Waals surface area (Å²) in [5, 5.41) is 14.8. The zero-order valence-electron chi connectivity index (χ0n) is 28.0. The van der Waals surface area contributed by atoms with Gasteiger partial charge in [-0.3, -0.25) is 24.0 Å². The van der Waals surface area contributed by atoms with Crippen molar-refractivity contribution in [2.75, 3.05) is 18.0 Å². The minimum absolute atomic E-state index is 0.0285. The Bertz CT molecular complexity index is 1960. The zero-order valence-corrected chi connectivity index (χ0v) is 29.6. The van der Waals surface area contributed by atoms with Crippen molar-refractivity contribution in [2.45, 2.75) is 57.1 Å². The van der Waals surface area contributed by atoms with Crippen LogP contribution in [0, 0.1) is 22.9 Å². The van der Waals surface area contributed by atoms with Gasteiger partial charge in [-0.1, -0.05) is 73.1 Å². The summed E-state index contributed by atoms with van der Waals surface area (Å²) in [5.41, 5.74) is 0.451. The summed E-state index contributed by atoms with van der Waals surface area (Å²) in [5.74, 6) is -1.97. The molecule has 0 spiro atoms. The highest BCUT2D eigenvalue weighted by atomic mass is 35.5. The van der Waals surface area contributed by atoms with Crippen molar-refractivity contribution in [1.29, 1.82) is 0 Å². The van der Waals surface area contributed by atoms with Gasteiger partial charge in [-0.05, 0) is 56.2 Å². The number of aryl methyl sites for hydroxylation is 1. The van der Waals surface area contributed by atoms with E-state index in [9.17, 15) is 28.1 Å². The van der Waals surface area contributed by atoms with E-state index in [0.29, 0.717) is 12.0 Å². The van der Waals surface area contributed by atoms with E-state index in [1.807, 2.05) is 6.92 Å². The molecule has 0 aliphatic rings. The first-order chi connectivity index (χ1) is 23.8. The number of anilines is 1. The van der Waals surface area contributed by atoms with E-state index in [4.69, 9.17) is 16.3 Å². The third-order valence-electron chi connectivity index (χ3n) is 8.22. The van der Waals surface area contributed by atoms with E-state index < -0.39 is 55.7 Å². The normalized spacial score (nSPS) is 12.4. The van der Waals surface area contributed by atoms with Gasteiger partial charge in [-0.25, -0.2) is 12.8 Å². The molecule has 0 aromatic heterocycles. The van der Waals surface area contributed by atoms with Crippen LogP contribution in [0.15, 0.2) is 95.9 Å². The van der Waals surface area contributed by atoms with Crippen LogP contribution in [-0.2, 0) is 32.6 Å². The Labute approximate surface area is 295 Å². The fourth-order valence-corrected chi connectivity index (χ4v) is 6.85. The van der Waals surface area contributed by atoms with Gasteiger partial charge in [-0.15, -0.1) is 0 Å². The molecule has 14 heteroatoms. The first-order valence-corrected chi connectivity index (χ1v) is 17.6. The molecule has 0 unspecified atom stereocenters. The lowest BCUT2D eigenvalue weighted by atomic mass is 10.0. The van der Waals surface area contributed by atoms with E-state index >= 15 is 4.39 Å². The summed E-state index contributed by atoms with van der Waals surface area (Å²) in [6, 6.07) is 20.8. The van der Waals surface area contributed by atoms with Gasteiger partial charge >= 0.3 is 0 Å². The fourth-order valence-electron chi connectivity index (χ4n) is 5.25. The number of carbonyl (C=O) groups excluding carboxylic acids is 2. The minimum atomic E-state index is -4.75. The van der Waals surface area contributed by atoms with Crippen LogP contribution in [0.5, 0.6) is 5.75 Å². The standard InChI is InChI=1S/C36H38ClFN4O7S/c1-5-25(3)39-36(44)33(19-26-11-7-6-8-12-26)40(22-27-13-9-10-14-30(27)38)35(43)23-41(32-20-28(37)16-18-34(32)49-4)50(47,48)29-17-15-24(2)31(21-29)42(45)46/h6-18,20-21,25,33H,5,19,22-23H2,1-4H3,(H,39,44)/t25-,33+/m1/s1. The monoisotopic (exact) mass is 724 g/mol. The number of ether oxygens (including phenoxy) is 1. The highest BCUT2D eigenvalue weighted by molar-refractivity contribution is 7.92. The fraction of sp³-hybridized carbons (Fsp3) is 0.278. The zero-order chi connectivity index (χ0) is 36.6. The van der Waals surface area contributed by atoms with Gasteiger partial charge in [0.25, 0.3) is 15.7 Å². The predicted octanol–water partition coefficient (Wildman–Crippen LogP) is 6.45. The van der Waals surface area contributed by atoms with E-state index in [1.54, 1.807) is 43.3 Å². The van der Waals surface area contributed by atoms with E-state index in [-0.39, 0.29) is 46.6 Å². The number of sulfonamides is 1. The molecule has 1 N–H and O–H groups in total. The molecule has 0 bridgehead atoms. The number of amides is 2. The topological polar surface area (TPSA) is 139 Å². The Kier molecular flexibility index (Phi) is 12.5. The SMILES string of the molecule is CC[C@@H](C)NC(=O)[C@H](Cc1ccccc1)N(Cc1ccccc1F)C(=O)CN(c1cc(Cl)ccc1OC)S(=O)(=O)c1ccc(C)c([N+](=O)[O-])c1. The molecule has 0 saturated heterocycles. The smallest absolute Gasteiger partial charge is 0.273 e. The molecule has 4 aromatic rings. The third-order valence-corrected chi connectivity index (χ3v) is 10.2. The maximum absolute atomic E-state index is 15.2. The summed E-state index contributed by atoms with van der Waals surface area (Å²) >= 11 is 6.31. The Morgan fingerprint density at radius 3 is 2.34 bits per heavy atom. The van der Waals surface area contributed by atoms with Crippen LogP contribution >= 0.6 is 11.6 Å². The second-order valence-electron chi connectivity index (χ2n) is 11.7. The van der Waals surface area contributed by atoms with E-state index in [1.165, 1.54) is 62.6 Å². The summed E-state index contributed by atoms with van der Waals surface area (Å²) in [7, 11) is -3.44. The lowest BCUT2D eigenvalue weighted by Crippen LogP contribution is -2.54. The number of nitro benzene ring substituents is 1. The molecule has 0 fully saturated rings. The number of carbonyl (C=O) groups is 2. The third kappa shape index (κ3) is 8.96. The molecule has 2 atom stereocenters. The van der Waals surface area contributed by atoms with Gasteiger partial charge in [0.1, 0.15) is 24.2 Å². The molecular weight excluding hydrogens is 687 g/mol. The lowest BCUT2D eigenvalue weighted by Gasteiger charge is -2.34. The predicted molar refractivity (Wildman–Crippen MR) is 189 cm³/mol. The van der Waals surface area contributed by atoms with Crippen LogP contribution in [0.1, 0.15) is 37.0 Å². The molecule has 2 amide bonds. The molecule has 4 aromatic carbocycles. The van der Waals surface area contributed by atoms with Crippen LogP contribution in [0.3, 0.4) is 0 Å². The molecule has 50 heavy (non-hydrogen) atoms. The van der Waals surface area contributed by atoms with Crippen molar-refractivity contribution in [1.82, 2.24) is 10.2 Å². The molecule has 0 aliphatic heterocycles. The van der Waals surface area contributed by atoms with Gasteiger partial charge in [0.15, 0.2) is 0 Å². The number of nitrogens with zero attached hydrogens (tertiary/aromatic N) is 3. The average Bonchev–Trinajstić information content (AvgIpc) is 3.09. The Balaban J connectivity index is 1.90. The number of methoxy groups -OCH3 is 1. The van der Waals surface area contributed by atoms with Gasteiger partial charge in [-0.2, -0.15) is 0 Å². The van der Waals surface area contributed by atoms with Gasteiger partial charge in [0.05, 0.1) is 22.6 Å². The molecule has 11 nitrogen and oxygen atoms in total. The second kappa shape index (κ2) is 16.6. The lowest BCUT2D eigenvalue weighted by molar-refractivity contribution is -0.385. The van der Waals surface area contributed by atoms with Gasteiger partial charge < -0.3 is 15.0 Å². The number of benzene rings is 4. The molecule has 4 rings (SSSR count). The van der Waals surface area contributed by atoms with Crippen molar-refractivity contribution in [3.63, 3.8) is 0 Å². The van der Waals surface area contributed by atoms with E-state index in [2.05, 4.69) is 5.32 Å². The van der Waals surface area contributed by atoms with E-state index in [0.717, 1.165) is 15.3 Å². The van der Waals surface area contributed by atoms with Crippen LogP contribution in [0.25, 0.3) is 0 Å².